The lowest BCUT2D eigenvalue weighted by Gasteiger charge is -2.64. The lowest BCUT2D eigenvalue weighted by atomic mass is 9.53. The number of aliphatic hydroxyl groups excluding tert-OH is 1. The fraction of sp³-hybridized carbons (Fsp3) is 0.556. The molecule has 2 aromatic rings. The Hall–Kier alpha value is -2.92. The molecule has 37 heavy (non-hydrogen) atoms. The molecule has 2 bridgehead atoms. The number of carbonyl (C=O) groups excluding carboxylic acids is 2. The van der Waals surface area contributed by atoms with Gasteiger partial charge in [-0.1, -0.05) is 18.6 Å². The van der Waals surface area contributed by atoms with Gasteiger partial charge >= 0.3 is 11.9 Å². The van der Waals surface area contributed by atoms with Crippen molar-refractivity contribution in [1.82, 2.24) is 19.8 Å². The number of hydrogen-bond donors (Lipinski definition) is 2. The maximum atomic E-state index is 13.8. The van der Waals surface area contributed by atoms with Gasteiger partial charge in [0.2, 0.25) is 0 Å². The number of ether oxygens (including phenoxy) is 2. The highest BCUT2D eigenvalue weighted by Gasteiger charge is 2.74. The molecule has 0 saturated carbocycles. The quantitative estimate of drug-likeness (QED) is 0.375. The Morgan fingerprint density at radius 3 is 1.86 bits per heavy atom. The Morgan fingerprint density at radius 1 is 0.946 bits per heavy atom. The maximum Gasteiger partial charge on any atom is 0.317 e. The number of likely N-dealkylation sites (tertiary alicyclic amines) is 2. The van der Waals surface area contributed by atoms with Gasteiger partial charge in [-0.05, 0) is 57.2 Å². The largest absolute Gasteiger partial charge is 0.468 e. The van der Waals surface area contributed by atoms with Gasteiger partial charge in [-0.3, -0.25) is 24.5 Å². The number of hydrogen-bond acceptors (Lipinski definition) is 10. The van der Waals surface area contributed by atoms with E-state index in [0.29, 0.717) is 24.5 Å². The molecule has 0 spiro atoms. The molecule has 3 unspecified atom stereocenters. The summed E-state index contributed by atoms with van der Waals surface area (Å²) in [6, 6.07) is 9.55. The predicted molar refractivity (Wildman–Crippen MR) is 136 cm³/mol. The van der Waals surface area contributed by atoms with Crippen molar-refractivity contribution < 1.29 is 24.2 Å². The van der Waals surface area contributed by atoms with Crippen LogP contribution in [0.2, 0.25) is 0 Å². The number of piperidine rings is 2. The number of methoxy groups -OCH3 is 2. The summed E-state index contributed by atoms with van der Waals surface area (Å²) in [5.41, 5.74) is 3.86. The van der Waals surface area contributed by atoms with E-state index in [1.807, 2.05) is 36.2 Å². The lowest BCUT2D eigenvalue weighted by molar-refractivity contribution is -0.249. The van der Waals surface area contributed by atoms with Crippen molar-refractivity contribution in [2.24, 2.45) is 16.6 Å². The first-order valence-electron chi connectivity index (χ1n) is 12.7. The van der Waals surface area contributed by atoms with Crippen molar-refractivity contribution in [1.29, 1.82) is 0 Å². The third-order valence-corrected chi connectivity index (χ3v) is 7.98. The van der Waals surface area contributed by atoms with Crippen LogP contribution in [0.4, 0.5) is 0 Å². The molecule has 4 rings (SSSR count). The molecule has 0 aromatic carbocycles. The zero-order chi connectivity index (χ0) is 26.6. The van der Waals surface area contributed by atoms with Crippen LogP contribution in [0.15, 0.2) is 48.8 Å². The molecule has 10 nitrogen and oxygen atoms in total. The van der Waals surface area contributed by atoms with Crippen molar-refractivity contribution in [3.8, 4) is 0 Å². The highest BCUT2D eigenvalue weighted by Crippen LogP contribution is 2.62. The third kappa shape index (κ3) is 4.41. The fourth-order valence-corrected chi connectivity index (χ4v) is 6.57. The number of carbonyl (C=O) groups is 2. The summed E-state index contributed by atoms with van der Waals surface area (Å²) in [5.74, 6) is -1.19. The third-order valence-electron chi connectivity index (χ3n) is 7.98. The molecule has 2 aliphatic heterocycles. The minimum absolute atomic E-state index is 0.197. The average molecular weight is 512 g/mol. The standard InChI is InChI=1S/C27H37N5O5/c1-31-21(19-11-5-8-14-29-19)26(24(34)36-2)17-32(16-10-4-7-13-28)18-27(23(26)33,25(35)37-3)22(31)20-12-6-9-15-30-20/h5-6,8-9,11-12,14-15,21-23,33H,4,7,10,13,16-18,28H2,1-3H3/t21-,22+,23?,26?,27?. The zero-order valence-corrected chi connectivity index (χ0v) is 21.7. The molecular weight excluding hydrogens is 474 g/mol. The summed E-state index contributed by atoms with van der Waals surface area (Å²) in [7, 11) is 4.46. The van der Waals surface area contributed by atoms with Crippen molar-refractivity contribution in [3.63, 3.8) is 0 Å². The van der Waals surface area contributed by atoms with Crippen LogP contribution in [-0.2, 0) is 19.1 Å². The van der Waals surface area contributed by atoms with Crippen molar-refractivity contribution in [2.75, 3.05) is 47.4 Å². The minimum Gasteiger partial charge on any atom is -0.468 e. The second-order valence-corrected chi connectivity index (χ2v) is 10.0. The van der Waals surface area contributed by atoms with E-state index < -0.39 is 41.0 Å². The van der Waals surface area contributed by atoms with Gasteiger partial charge in [-0.2, -0.15) is 0 Å². The number of nitrogens with zero attached hydrogens (tertiary/aromatic N) is 4. The molecule has 10 heteroatoms. The second-order valence-electron chi connectivity index (χ2n) is 10.0. The molecule has 2 fully saturated rings. The number of fused-ring (bicyclic) bond motifs is 2. The second kappa shape index (κ2) is 11.2. The highest BCUT2D eigenvalue weighted by molar-refractivity contribution is 5.86. The zero-order valence-electron chi connectivity index (χ0n) is 21.7. The Labute approximate surface area is 217 Å². The molecule has 4 heterocycles. The monoisotopic (exact) mass is 511 g/mol. The van der Waals surface area contributed by atoms with Gasteiger partial charge in [0, 0.05) is 25.5 Å². The smallest absolute Gasteiger partial charge is 0.317 e. The number of aromatic nitrogens is 2. The van der Waals surface area contributed by atoms with Crippen molar-refractivity contribution in [3.05, 3.63) is 60.2 Å². The topological polar surface area (TPSA) is 131 Å². The number of nitrogens with two attached hydrogens (primary N) is 1. The fourth-order valence-electron chi connectivity index (χ4n) is 6.57. The van der Waals surface area contributed by atoms with Crippen molar-refractivity contribution >= 4 is 11.9 Å². The minimum atomic E-state index is -1.51. The number of esters is 2. The van der Waals surface area contributed by atoms with E-state index >= 15 is 0 Å². The molecule has 2 aromatic heterocycles. The number of pyridine rings is 2. The van der Waals surface area contributed by atoms with Gasteiger partial charge in [0.25, 0.3) is 0 Å². The van der Waals surface area contributed by atoms with Crippen LogP contribution in [0, 0.1) is 10.8 Å². The van der Waals surface area contributed by atoms with Gasteiger partial charge in [-0.15, -0.1) is 0 Å². The lowest BCUT2D eigenvalue weighted by Crippen LogP contribution is -2.77. The molecule has 0 radical (unpaired) electrons. The molecule has 0 amide bonds. The summed E-state index contributed by atoms with van der Waals surface area (Å²) < 4.78 is 10.7. The summed E-state index contributed by atoms with van der Waals surface area (Å²) in [4.78, 5) is 40.8. The number of aliphatic hydroxyl groups is 1. The van der Waals surface area contributed by atoms with Gasteiger partial charge in [-0.25, -0.2) is 0 Å². The average Bonchev–Trinajstić information content (AvgIpc) is 2.92. The normalized spacial score (nSPS) is 30.0. The maximum absolute atomic E-state index is 13.8. The molecule has 2 saturated heterocycles. The first-order chi connectivity index (χ1) is 17.9. The van der Waals surface area contributed by atoms with Crippen LogP contribution in [0.3, 0.4) is 0 Å². The number of rotatable bonds is 9. The Morgan fingerprint density at radius 2 is 1.46 bits per heavy atom. The summed E-state index contributed by atoms with van der Waals surface area (Å²) in [5, 5.41) is 12.3. The van der Waals surface area contributed by atoms with Gasteiger partial charge in [0.15, 0.2) is 0 Å². The number of unbranched alkanes of at least 4 members (excludes halogenated alkanes) is 2. The molecule has 5 atom stereocenters. The molecule has 2 aliphatic rings. The van der Waals surface area contributed by atoms with Crippen LogP contribution in [0.5, 0.6) is 0 Å². The molecule has 3 N–H and O–H groups in total. The van der Waals surface area contributed by atoms with Gasteiger partial charge < -0.3 is 25.2 Å². The van der Waals surface area contributed by atoms with Crippen LogP contribution >= 0.6 is 0 Å². The van der Waals surface area contributed by atoms with E-state index in [1.54, 1.807) is 24.5 Å². The first-order valence-corrected chi connectivity index (χ1v) is 12.7. The van der Waals surface area contributed by atoms with Crippen LogP contribution in [0.25, 0.3) is 0 Å². The Kier molecular flexibility index (Phi) is 8.23. The van der Waals surface area contributed by atoms with E-state index in [2.05, 4.69) is 14.9 Å². The van der Waals surface area contributed by atoms with Crippen molar-refractivity contribution in [2.45, 2.75) is 37.5 Å². The van der Waals surface area contributed by atoms with Crippen LogP contribution < -0.4 is 5.73 Å². The summed E-state index contributed by atoms with van der Waals surface area (Å²) >= 11 is 0. The van der Waals surface area contributed by atoms with E-state index in [-0.39, 0.29) is 13.1 Å². The van der Waals surface area contributed by atoms with E-state index in [0.717, 1.165) is 19.3 Å². The van der Waals surface area contributed by atoms with E-state index in [9.17, 15) is 14.7 Å². The van der Waals surface area contributed by atoms with Gasteiger partial charge in [0.1, 0.15) is 10.8 Å². The SMILES string of the molecule is COC(=O)C12CN(CCCCCN)CC(C(=O)OC)(C1O)[C@@H](c1ccccn1)N(C)[C@H]2c1ccccn1. The first kappa shape index (κ1) is 27.1. The Bertz CT molecular complexity index is 996. The molecule has 0 aliphatic carbocycles. The van der Waals surface area contributed by atoms with E-state index in [4.69, 9.17) is 15.2 Å². The van der Waals surface area contributed by atoms with Crippen LogP contribution in [0.1, 0.15) is 42.7 Å². The highest BCUT2D eigenvalue weighted by atomic mass is 16.5. The van der Waals surface area contributed by atoms with Crippen LogP contribution in [-0.4, -0.2) is 90.4 Å². The van der Waals surface area contributed by atoms with Gasteiger partial charge in [0.05, 0.1) is 43.8 Å². The summed E-state index contributed by atoms with van der Waals surface area (Å²) in [6.07, 6.45) is 4.53. The molecule has 200 valence electrons. The summed E-state index contributed by atoms with van der Waals surface area (Å²) in [6.45, 7) is 1.62. The predicted octanol–water partition coefficient (Wildman–Crippen LogP) is 1.33. The van der Waals surface area contributed by atoms with E-state index in [1.165, 1.54) is 14.2 Å². The Balaban J connectivity index is 1.97. The molecular formula is C27H37N5O5.